The number of furan rings is 1. The fourth-order valence-corrected chi connectivity index (χ4v) is 9.44. The summed E-state index contributed by atoms with van der Waals surface area (Å²) < 4.78 is 6.80. The van der Waals surface area contributed by atoms with E-state index in [4.69, 9.17) is 4.42 Å². The summed E-state index contributed by atoms with van der Waals surface area (Å²) in [4.78, 5) is 2.41. The average Bonchev–Trinajstić information content (AvgIpc) is 3.72. The first-order valence-corrected chi connectivity index (χ1v) is 20.6. The largest absolute Gasteiger partial charge is 0.455 e. The molecule has 2 heteroatoms. The Labute approximate surface area is 347 Å². The molecule has 0 bridgehead atoms. The summed E-state index contributed by atoms with van der Waals surface area (Å²) >= 11 is 0. The summed E-state index contributed by atoms with van der Waals surface area (Å²) in [6, 6.07) is 81.2. The Hall–Kier alpha value is -7.94. The van der Waals surface area contributed by atoms with Crippen LogP contribution in [0.4, 0.5) is 17.1 Å². The maximum atomic E-state index is 6.80. The van der Waals surface area contributed by atoms with Crippen molar-refractivity contribution < 1.29 is 4.42 Å². The molecule has 0 saturated heterocycles. The minimum Gasteiger partial charge on any atom is -0.455 e. The van der Waals surface area contributed by atoms with Gasteiger partial charge in [-0.25, -0.2) is 0 Å². The normalized spacial score (nSPS) is 11.7. The molecular formula is C58H37NO. The van der Waals surface area contributed by atoms with Gasteiger partial charge in [0.05, 0.1) is 11.1 Å². The molecule has 0 aliphatic rings. The van der Waals surface area contributed by atoms with Gasteiger partial charge in [0, 0.05) is 22.3 Å². The molecule has 0 unspecified atom stereocenters. The molecule has 2 nitrogen and oxygen atoms in total. The van der Waals surface area contributed by atoms with Crippen LogP contribution in [0.15, 0.2) is 229 Å². The first-order valence-electron chi connectivity index (χ1n) is 20.6. The molecule has 0 aliphatic carbocycles. The Kier molecular flexibility index (Phi) is 7.89. The summed E-state index contributed by atoms with van der Waals surface area (Å²) in [6.07, 6.45) is 0. The molecule has 0 radical (unpaired) electrons. The lowest BCUT2D eigenvalue weighted by Gasteiger charge is -2.27. The Balaban J connectivity index is 1.12. The zero-order valence-corrected chi connectivity index (χ0v) is 32.7. The van der Waals surface area contributed by atoms with Gasteiger partial charge >= 0.3 is 0 Å². The van der Waals surface area contributed by atoms with Crippen LogP contribution in [0.3, 0.4) is 0 Å². The topological polar surface area (TPSA) is 16.4 Å². The van der Waals surface area contributed by atoms with Gasteiger partial charge < -0.3 is 9.32 Å². The number of rotatable bonds is 6. The fourth-order valence-electron chi connectivity index (χ4n) is 9.44. The molecule has 0 saturated carbocycles. The van der Waals surface area contributed by atoms with Gasteiger partial charge in [0.25, 0.3) is 0 Å². The second kappa shape index (κ2) is 13.9. The van der Waals surface area contributed by atoms with Crippen molar-refractivity contribution in [2.24, 2.45) is 0 Å². The van der Waals surface area contributed by atoms with E-state index in [1.165, 1.54) is 59.8 Å². The number of nitrogens with zero attached hydrogens (tertiary/aromatic N) is 1. The summed E-state index contributed by atoms with van der Waals surface area (Å²) in [7, 11) is 0. The third-order valence-electron chi connectivity index (χ3n) is 12.2. The first-order chi connectivity index (χ1) is 29.8. The van der Waals surface area contributed by atoms with Crippen LogP contribution in [-0.4, -0.2) is 0 Å². The lowest BCUT2D eigenvalue weighted by molar-refractivity contribution is 0.670. The number of hydrogen-bond donors (Lipinski definition) is 0. The highest BCUT2D eigenvalue weighted by Gasteiger charge is 2.23. The zero-order chi connectivity index (χ0) is 39.6. The van der Waals surface area contributed by atoms with Crippen molar-refractivity contribution in [3.8, 4) is 33.4 Å². The smallest absolute Gasteiger partial charge is 0.145 e. The van der Waals surface area contributed by atoms with E-state index < -0.39 is 0 Å². The predicted octanol–water partition coefficient (Wildman–Crippen LogP) is 16.7. The molecule has 60 heavy (non-hydrogen) atoms. The molecule has 0 spiro atoms. The van der Waals surface area contributed by atoms with Crippen LogP contribution in [0.2, 0.25) is 0 Å². The first kappa shape index (κ1) is 34.1. The fraction of sp³-hybridized carbons (Fsp3) is 0. The molecule has 0 fully saturated rings. The average molecular weight is 764 g/mol. The highest BCUT2D eigenvalue weighted by molar-refractivity contribution is 6.30. The third-order valence-corrected chi connectivity index (χ3v) is 12.2. The van der Waals surface area contributed by atoms with E-state index in [2.05, 4.69) is 229 Å². The summed E-state index contributed by atoms with van der Waals surface area (Å²) in [5.41, 5.74) is 11.8. The molecule has 0 N–H and O–H groups in total. The number of hydrogen-bond acceptors (Lipinski definition) is 2. The van der Waals surface area contributed by atoms with Crippen molar-refractivity contribution in [3.05, 3.63) is 224 Å². The predicted molar refractivity (Wildman–Crippen MR) is 255 cm³/mol. The number of fused-ring (bicyclic) bond motifs is 10. The number of para-hydroxylation sites is 1. The summed E-state index contributed by atoms with van der Waals surface area (Å²) in [5.74, 6) is 0. The molecule has 0 amide bonds. The molecule has 0 aliphatic heterocycles. The summed E-state index contributed by atoms with van der Waals surface area (Å²) in [6.45, 7) is 0. The molecule has 1 heterocycles. The van der Waals surface area contributed by atoms with Crippen molar-refractivity contribution in [2.45, 2.75) is 0 Å². The maximum absolute atomic E-state index is 6.80. The minimum absolute atomic E-state index is 0.868. The van der Waals surface area contributed by atoms with Gasteiger partial charge in [-0.15, -0.1) is 0 Å². The van der Waals surface area contributed by atoms with E-state index in [1.807, 2.05) is 0 Å². The van der Waals surface area contributed by atoms with Crippen LogP contribution in [0.5, 0.6) is 0 Å². The van der Waals surface area contributed by atoms with E-state index in [9.17, 15) is 0 Å². The SMILES string of the molecule is c1ccc(-c2ccc(N(c3cccc(-c4cc5ccccc5c5c4ccc4ccc6ccccc6c45)c3)c3ccc(-c4ccccc4)c4oc5ccccc5c34)cc2)cc1. The van der Waals surface area contributed by atoms with Crippen LogP contribution in [0, 0.1) is 0 Å². The van der Waals surface area contributed by atoms with Crippen molar-refractivity contribution >= 4 is 82.1 Å². The third kappa shape index (κ3) is 5.50. The van der Waals surface area contributed by atoms with E-state index in [1.54, 1.807) is 0 Å². The Morgan fingerprint density at radius 1 is 0.300 bits per heavy atom. The van der Waals surface area contributed by atoms with E-state index >= 15 is 0 Å². The second-order valence-electron chi connectivity index (χ2n) is 15.6. The van der Waals surface area contributed by atoms with Gasteiger partial charge in [-0.3, -0.25) is 0 Å². The van der Waals surface area contributed by atoms with Crippen LogP contribution >= 0.6 is 0 Å². The standard InChI is InChI=1S/C58H37NO/c1-3-14-38(15-4-1)39-28-31-45(32-29-39)59(53-35-34-49(40-16-5-2-6-17-40)58-57(53)51-24-11-12-25-54(51)60-58)46-21-13-20-43(36-46)52-37-44-19-8-10-23-48(44)56-50(52)33-30-42-27-26-41-18-7-9-22-47(41)55(42)56/h1-37H. The van der Waals surface area contributed by atoms with E-state index in [-0.39, 0.29) is 0 Å². The zero-order valence-electron chi connectivity index (χ0n) is 32.7. The lowest BCUT2D eigenvalue weighted by atomic mass is 9.88. The Morgan fingerprint density at radius 3 is 1.72 bits per heavy atom. The van der Waals surface area contributed by atoms with Gasteiger partial charge in [-0.1, -0.05) is 176 Å². The van der Waals surface area contributed by atoms with Crippen molar-refractivity contribution in [1.29, 1.82) is 0 Å². The van der Waals surface area contributed by atoms with Crippen molar-refractivity contribution in [2.75, 3.05) is 4.90 Å². The Bertz CT molecular complexity index is 3590. The molecule has 1 aromatic heterocycles. The van der Waals surface area contributed by atoms with Crippen LogP contribution < -0.4 is 4.90 Å². The highest BCUT2D eigenvalue weighted by atomic mass is 16.3. The number of anilines is 3. The van der Waals surface area contributed by atoms with Crippen molar-refractivity contribution in [1.82, 2.24) is 0 Å². The highest BCUT2D eigenvalue weighted by Crippen LogP contribution is 2.48. The second-order valence-corrected chi connectivity index (χ2v) is 15.6. The molecule has 12 rings (SSSR count). The van der Waals surface area contributed by atoms with E-state index in [0.29, 0.717) is 0 Å². The van der Waals surface area contributed by atoms with Gasteiger partial charge in [0.1, 0.15) is 11.2 Å². The van der Waals surface area contributed by atoms with E-state index in [0.717, 1.165) is 55.7 Å². The van der Waals surface area contributed by atoms with Crippen LogP contribution in [0.1, 0.15) is 0 Å². The molecule has 12 aromatic rings. The quantitative estimate of drug-likeness (QED) is 0.157. The Morgan fingerprint density at radius 2 is 0.917 bits per heavy atom. The molecular weight excluding hydrogens is 727 g/mol. The van der Waals surface area contributed by atoms with Crippen LogP contribution in [0.25, 0.3) is 98.4 Å². The maximum Gasteiger partial charge on any atom is 0.145 e. The number of benzene rings is 11. The lowest BCUT2D eigenvalue weighted by Crippen LogP contribution is -2.10. The monoisotopic (exact) mass is 763 g/mol. The molecule has 0 atom stereocenters. The van der Waals surface area contributed by atoms with Crippen molar-refractivity contribution in [3.63, 3.8) is 0 Å². The van der Waals surface area contributed by atoms with Gasteiger partial charge in [-0.05, 0) is 119 Å². The van der Waals surface area contributed by atoms with Gasteiger partial charge in [0.15, 0.2) is 0 Å². The molecule has 11 aromatic carbocycles. The molecule has 280 valence electrons. The van der Waals surface area contributed by atoms with Crippen LogP contribution in [-0.2, 0) is 0 Å². The van der Waals surface area contributed by atoms with Gasteiger partial charge in [0.2, 0.25) is 0 Å². The van der Waals surface area contributed by atoms with Gasteiger partial charge in [-0.2, -0.15) is 0 Å². The summed E-state index contributed by atoms with van der Waals surface area (Å²) in [5, 5.41) is 12.3. The minimum atomic E-state index is 0.868.